The number of amides is 1. The Hall–Kier alpha value is -0.360. The lowest BCUT2D eigenvalue weighted by Crippen LogP contribution is -2.29. The van der Waals surface area contributed by atoms with Crippen LogP contribution < -0.4 is 11.1 Å². The Balaban J connectivity index is 0. The van der Waals surface area contributed by atoms with Crippen molar-refractivity contribution in [2.24, 2.45) is 11.7 Å². The third-order valence-corrected chi connectivity index (χ3v) is 3.12. The van der Waals surface area contributed by atoms with Gasteiger partial charge in [0, 0.05) is 24.4 Å². The Kier molecular flexibility index (Phi) is 11.5. The van der Waals surface area contributed by atoms with Crippen LogP contribution in [0.1, 0.15) is 42.7 Å². The van der Waals surface area contributed by atoms with Crippen molar-refractivity contribution in [1.29, 1.82) is 0 Å². The van der Waals surface area contributed by atoms with E-state index in [9.17, 15) is 4.79 Å². The van der Waals surface area contributed by atoms with E-state index in [-0.39, 0.29) is 36.8 Å². The van der Waals surface area contributed by atoms with E-state index in [2.05, 4.69) is 24.1 Å². The van der Waals surface area contributed by atoms with Crippen molar-refractivity contribution < 1.29 is 4.79 Å². The number of rotatable bonds is 6. The van der Waals surface area contributed by atoms with Crippen molar-refractivity contribution in [2.75, 3.05) is 6.54 Å². The predicted octanol–water partition coefficient (Wildman–Crippen LogP) is 2.65. The fraction of sp³-hybridized carbons (Fsp3) is 0.667. The summed E-state index contributed by atoms with van der Waals surface area (Å²) in [6.07, 6.45) is 1.71. The zero-order valence-electron chi connectivity index (χ0n) is 11.5. The summed E-state index contributed by atoms with van der Waals surface area (Å²) in [6.45, 7) is 6.82. The molecule has 19 heavy (non-hydrogen) atoms. The molecule has 1 atom stereocenters. The van der Waals surface area contributed by atoms with E-state index in [1.54, 1.807) is 11.3 Å². The van der Waals surface area contributed by atoms with Gasteiger partial charge in [0.1, 0.15) is 5.69 Å². The summed E-state index contributed by atoms with van der Waals surface area (Å²) in [6, 6.07) is 0.113. The van der Waals surface area contributed by atoms with Crippen molar-refractivity contribution >= 4 is 42.1 Å². The second kappa shape index (κ2) is 10.4. The number of nitrogens with two attached hydrogens (primary N) is 1. The minimum atomic E-state index is -0.100. The van der Waals surface area contributed by atoms with Crippen LogP contribution in [0.5, 0.6) is 0 Å². The van der Waals surface area contributed by atoms with Gasteiger partial charge in [-0.3, -0.25) is 4.79 Å². The average molecular weight is 328 g/mol. The molecule has 0 aliphatic carbocycles. The minimum Gasteiger partial charge on any atom is -0.351 e. The van der Waals surface area contributed by atoms with Crippen molar-refractivity contribution in [3.8, 4) is 0 Å². The highest BCUT2D eigenvalue weighted by Gasteiger charge is 2.11. The Bertz CT molecular complexity index is 370. The van der Waals surface area contributed by atoms with E-state index in [1.807, 2.05) is 12.3 Å². The van der Waals surface area contributed by atoms with Crippen LogP contribution in [0.4, 0.5) is 0 Å². The number of aromatic nitrogens is 1. The van der Waals surface area contributed by atoms with Gasteiger partial charge in [0.2, 0.25) is 0 Å². The number of thiazole rings is 1. The van der Waals surface area contributed by atoms with Crippen LogP contribution in [-0.4, -0.2) is 23.5 Å². The molecule has 0 fully saturated rings. The normalized spacial score (nSPS) is 11.4. The van der Waals surface area contributed by atoms with E-state index in [1.165, 1.54) is 0 Å². The average Bonchev–Trinajstić information content (AvgIpc) is 2.64. The predicted molar refractivity (Wildman–Crippen MR) is 85.8 cm³/mol. The molecule has 0 saturated heterocycles. The van der Waals surface area contributed by atoms with Crippen molar-refractivity contribution in [3.05, 3.63) is 16.1 Å². The summed E-state index contributed by atoms with van der Waals surface area (Å²) < 4.78 is 0. The molecular formula is C12H23Cl2N3OS. The second-order valence-corrected chi connectivity index (χ2v) is 5.69. The molecular weight excluding hydrogens is 305 g/mol. The van der Waals surface area contributed by atoms with Crippen LogP contribution in [0.15, 0.2) is 5.38 Å². The molecule has 1 aromatic rings. The molecule has 0 aromatic carbocycles. The molecule has 1 unspecified atom stereocenters. The number of hydrogen-bond acceptors (Lipinski definition) is 4. The van der Waals surface area contributed by atoms with E-state index in [0.29, 0.717) is 18.2 Å². The van der Waals surface area contributed by atoms with Gasteiger partial charge in [0.05, 0.1) is 5.01 Å². The van der Waals surface area contributed by atoms with Crippen LogP contribution in [0.3, 0.4) is 0 Å². The summed E-state index contributed by atoms with van der Waals surface area (Å²) in [5.74, 6) is 0.465. The maximum absolute atomic E-state index is 11.7. The Labute approximate surface area is 131 Å². The lowest BCUT2D eigenvalue weighted by atomic mass is 10.1. The van der Waals surface area contributed by atoms with Crippen LogP contribution in [0.25, 0.3) is 0 Å². The molecule has 0 radical (unpaired) electrons. The van der Waals surface area contributed by atoms with Crippen molar-refractivity contribution in [2.45, 2.75) is 39.7 Å². The van der Waals surface area contributed by atoms with Gasteiger partial charge in [0.25, 0.3) is 5.91 Å². The zero-order chi connectivity index (χ0) is 12.8. The van der Waals surface area contributed by atoms with Gasteiger partial charge in [-0.2, -0.15) is 0 Å². The monoisotopic (exact) mass is 327 g/mol. The van der Waals surface area contributed by atoms with E-state index < -0.39 is 0 Å². The molecule has 0 spiro atoms. The number of halogens is 2. The number of hydrogen-bond donors (Lipinski definition) is 2. The van der Waals surface area contributed by atoms with Crippen molar-refractivity contribution in [1.82, 2.24) is 10.3 Å². The number of nitrogens with zero attached hydrogens (tertiary/aromatic N) is 1. The molecule has 0 bridgehead atoms. The quantitative estimate of drug-likeness (QED) is 0.843. The lowest BCUT2D eigenvalue weighted by Gasteiger charge is -2.05. The fourth-order valence-corrected chi connectivity index (χ4v) is 2.35. The topological polar surface area (TPSA) is 68.0 Å². The van der Waals surface area contributed by atoms with E-state index >= 15 is 0 Å². The molecule has 1 rings (SSSR count). The van der Waals surface area contributed by atoms with Gasteiger partial charge >= 0.3 is 0 Å². The first-order valence-corrected chi connectivity index (χ1v) is 6.85. The third kappa shape index (κ3) is 8.42. The summed E-state index contributed by atoms with van der Waals surface area (Å²) in [7, 11) is 0. The lowest BCUT2D eigenvalue weighted by molar-refractivity contribution is 0.0948. The van der Waals surface area contributed by atoms with E-state index in [4.69, 9.17) is 5.73 Å². The largest absolute Gasteiger partial charge is 0.351 e. The molecule has 7 heteroatoms. The Morgan fingerprint density at radius 3 is 2.58 bits per heavy atom. The third-order valence-electron chi connectivity index (χ3n) is 2.25. The highest BCUT2D eigenvalue weighted by atomic mass is 35.5. The van der Waals surface area contributed by atoms with Gasteiger partial charge in [-0.1, -0.05) is 13.8 Å². The Morgan fingerprint density at radius 1 is 1.42 bits per heavy atom. The van der Waals surface area contributed by atoms with Crippen LogP contribution in [0.2, 0.25) is 0 Å². The summed E-state index contributed by atoms with van der Waals surface area (Å²) in [5.41, 5.74) is 6.13. The molecule has 1 heterocycles. The molecule has 0 aliphatic rings. The van der Waals surface area contributed by atoms with Crippen LogP contribution >= 0.6 is 36.2 Å². The SMILES string of the molecule is CC(C)Cc1nc(C(=O)NCCC(C)N)cs1.Cl.Cl. The van der Waals surface area contributed by atoms with Crippen LogP contribution in [0, 0.1) is 5.92 Å². The molecule has 3 N–H and O–H groups in total. The second-order valence-electron chi connectivity index (χ2n) is 4.75. The fourth-order valence-electron chi connectivity index (χ4n) is 1.36. The highest BCUT2D eigenvalue weighted by molar-refractivity contribution is 7.09. The number of nitrogens with one attached hydrogen (secondary N) is 1. The summed E-state index contributed by atoms with van der Waals surface area (Å²) >= 11 is 1.55. The number of carbonyl (C=O) groups is 1. The molecule has 4 nitrogen and oxygen atoms in total. The van der Waals surface area contributed by atoms with Crippen molar-refractivity contribution in [3.63, 3.8) is 0 Å². The molecule has 0 saturated carbocycles. The molecule has 112 valence electrons. The molecule has 1 amide bonds. The first-order valence-electron chi connectivity index (χ1n) is 5.97. The standard InChI is InChI=1S/C12H21N3OS.2ClH/c1-8(2)6-11-15-10(7-17-11)12(16)14-5-4-9(3)13;;/h7-9H,4-6,13H2,1-3H3,(H,14,16);2*1H. The van der Waals surface area contributed by atoms with Gasteiger partial charge in [-0.15, -0.1) is 36.2 Å². The molecule has 0 aliphatic heterocycles. The smallest absolute Gasteiger partial charge is 0.270 e. The highest BCUT2D eigenvalue weighted by Crippen LogP contribution is 2.14. The number of carbonyl (C=O) groups excluding carboxylic acids is 1. The molecule has 1 aromatic heterocycles. The van der Waals surface area contributed by atoms with Gasteiger partial charge in [-0.05, 0) is 19.3 Å². The zero-order valence-corrected chi connectivity index (χ0v) is 14.0. The van der Waals surface area contributed by atoms with E-state index in [0.717, 1.165) is 17.8 Å². The summed E-state index contributed by atoms with van der Waals surface area (Å²) in [5, 5.41) is 5.67. The van der Waals surface area contributed by atoms with Crippen LogP contribution in [-0.2, 0) is 6.42 Å². The maximum Gasteiger partial charge on any atom is 0.270 e. The summed E-state index contributed by atoms with van der Waals surface area (Å²) in [4.78, 5) is 16.0. The minimum absolute atomic E-state index is 0. The van der Waals surface area contributed by atoms with Gasteiger partial charge in [0.15, 0.2) is 0 Å². The maximum atomic E-state index is 11.7. The Morgan fingerprint density at radius 2 is 2.05 bits per heavy atom. The first-order chi connectivity index (χ1) is 7.99. The first kappa shape index (κ1) is 20.9. The van der Waals surface area contributed by atoms with Gasteiger partial charge < -0.3 is 11.1 Å². The van der Waals surface area contributed by atoms with Gasteiger partial charge in [-0.25, -0.2) is 4.98 Å².